The van der Waals surface area contributed by atoms with Crippen LogP contribution in [-0.4, -0.2) is 11.2 Å². The number of benzene rings is 4. The maximum atomic E-state index is 8.95. The first kappa shape index (κ1) is 28.0. The zero-order valence-electron chi connectivity index (χ0n) is 23.9. The monoisotopic (exact) mass is 592 g/mol. The summed E-state index contributed by atoms with van der Waals surface area (Å²) in [5.74, 6) is 0.690. The van der Waals surface area contributed by atoms with Crippen molar-refractivity contribution in [1.29, 1.82) is 5.26 Å². The van der Waals surface area contributed by atoms with E-state index in [1.54, 1.807) is 0 Å². The number of ether oxygens (including phenoxy) is 1. The van der Waals surface area contributed by atoms with Crippen LogP contribution in [0.1, 0.15) is 63.6 Å². The lowest BCUT2D eigenvalue weighted by molar-refractivity contribution is 0.366. The summed E-state index contributed by atoms with van der Waals surface area (Å²) in [6.07, 6.45) is 4.66. The van der Waals surface area contributed by atoms with Gasteiger partial charge in [0.05, 0.1) is 10.2 Å². The fourth-order valence-corrected chi connectivity index (χ4v) is 6.22. The van der Waals surface area contributed by atoms with Gasteiger partial charge in [-0.1, -0.05) is 101 Å². The molecule has 0 unspecified atom stereocenters. The number of aromatic nitrogens is 1. The van der Waals surface area contributed by atoms with Crippen molar-refractivity contribution in [2.24, 2.45) is 0 Å². The molecule has 0 saturated heterocycles. The van der Waals surface area contributed by atoms with E-state index < -0.39 is 0 Å². The van der Waals surface area contributed by atoms with Gasteiger partial charge in [0.2, 0.25) is 0 Å². The Morgan fingerprint density at radius 2 is 1.68 bits per heavy atom. The lowest BCUT2D eigenvalue weighted by Gasteiger charge is -2.20. The second-order valence-electron chi connectivity index (χ2n) is 11.6. The van der Waals surface area contributed by atoms with Crippen molar-refractivity contribution in [2.75, 3.05) is 6.61 Å². The van der Waals surface area contributed by atoms with Crippen LogP contribution in [0.15, 0.2) is 83.3 Å². The van der Waals surface area contributed by atoms with Crippen LogP contribution in [0.5, 0.6) is 5.75 Å². The van der Waals surface area contributed by atoms with E-state index >= 15 is 0 Å². The van der Waals surface area contributed by atoms with Crippen LogP contribution in [0, 0.1) is 11.3 Å². The van der Waals surface area contributed by atoms with Crippen molar-refractivity contribution in [3.05, 3.63) is 100 Å². The van der Waals surface area contributed by atoms with E-state index in [1.165, 1.54) is 58.1 Å². The summed E-state index contributed by atoms with van der Waals surface area (Å²) >= 11 is 3.72. The zero-order valence-corrected chi connectivity index (χ0v) is 25.5. The van der Waals surface area contributed by atoms with Crippen LogP contribution in [0.4, 0.5) is 0 Å². The largest absolute Gasteiger partial charge is 0.478 e. The maximum absolute atomic E-state index is 8.95. The third-order valence-corrected chi connectivity index (χ3v) is 8.57. The number of nitrogens with zero attached hydrogens (tertiary/aromatic N) is 2. The van der Waals surface area contributed by atoms with Gasteiger partial charge in [-0.15, -0.1) is 0 Å². The second-order valence-corrected chi connectivity index (χ2v) is 12.4. The van der Waals surface area contributed by atoms with Gasteiger partial charge in [0, 0.05) is 17.4 Å². The number of para-hydroxylation sites is 1. The molecule has 4 heteroatoms. The predicted molar refractivity (Wildman–Crippen MR) is 171 cm³/mol. The molecule has 5 aromatic rings. The minimum Gasteiger partial charge on any atom is -0.478 e. The molecule has 0 spiro atoms. The lowest BCUT2D eigenvalue weighted by atomic mass is 9.87. The fourth-order valence-electron chi connectivity index (χ4n) is 5.61. The van der Waals surface area contributed by atoms with Crippen molar-refractivity contribution >= 4 is 37.6 Å². The van der Waals surface area contributed by atoms with Crippen LogP contribution < -0.4 is 4.74 Å². The molecule has 0 radical (unpaired) electrons. The standard InChI is InChI=1S/C36H37BrN2O/c1-5-6-7-11-31-30-10-8-9-12-32(30)39(24-25-13-17-28(18-14-25)36(2,3)4)35(31)27-15-19-29-26(23-27)16-20-33(34(29)37)40-22-21-38/h8-10,12-20,23H,5-7,11,22,24H2,1-4H3. The number of halogens is 1. The van der Waals surface area contributed by atoms with Crippen LogP contribution in [0.3, 0.4) is 0 Å². The highest BCUT2D eigenvalue weighted by Gasteiger charge is 2.20. The molecular formula is C36H37BrN2O. The Kier molecular flexibility index (Phi) is 8.33. The summed E-state index contributed by atoms with van der Waals surface area (Å²) in [5, 5.41) is 12.5. The number of hydrogen-bond donors (Lipinski definition) is 0. The molecule has 40 heavy (non-hydrogen) atoms. The van der Waals surface area contributed by atoms with Crippen molar-refractivity contribution in [1.82, 2.24) is 4.57 Å². The van der Waals surface area contributed by atoms with Gasteiger partial charge in [0.15, 0.2) is 6.61 Å². The molecule has 4 aromatic carbocycles. The molecule has 5 rings (SSSR count). The highest BCUT2D eigenvalue weighted by atomic mass is 79.9. The van der Waals surface area contributed by atoms with Crippen molar-refractivity contribution in [2.45, 2.75) is 65.3 Å². The van der Waals surface area contributed by atoms with E-state index in [2.05, 4.69) is 127 Å². The molecule has 1 aromatic heterocycles. The van der Waals surface area contributed by atoms with Crippen molar-refractivity contribution in [3.8, 4) is 23.1 Å². The van der Waals surface area contributed by atoms with E-state index in [4.69, 9.17) is 10.00 Å². The molecule has 0 fully saturated rings. The number of hydrogen-bond acceptors (Lipinski definition) is 2. The molecule has 0 aliphatic carbocycles. The van der Waals surface area contributed by atoms with Gasteiger partial charge in [-0.25, -0.2) is 0 Å². The Bertz CT molecular complexity index is 1680. The molecular weight excluding hydrogens is 556 g/mol. The van der Waals surface area contributed by atoms with E-state index in [0.717, 1.165) is 28.2 Å². The van der Waals surface area contributed by atoms with Gasteiger partial charge in [-0.2, -0.15) is 5.26 Å². The molecule has 204 valence electrons. The number of fused-ring (bicyclic) bond motifs is 2. The topological polar surface area (TPSA) is 37.9 Å². The van der Waals surface area contributed by atoms with Gasteiger partial charge in [0.1, 0.15) is 11.8 Å². The first-order chi connectivity index (χ1) is 19.3. The second kappa shape index (κ2) is 11.9. The SMILES string of the molecule is CCCCCc1c(-c2ccc3c(Br)c(OCC#N)ccc3c2)n(Cc2ccc(C(C)(C)C)cc2)c2ccccc12. The highest BCUT2D eigenvalue weighted by molar-refractivity contribution is 9.10. The maximum Gasteiger partial charge on any atom is 0.174 e. The van der Waals surface area contributed by atoms with Gasteiger partial charge in [0.25, 0.3) is 0 Å². The lowest BCUT2D eigenvalue weighted by Crippen LogP contribution is -2.11. The normalized spacial score (nSPS) is 11.7. The molecule has 0 aliphatic rings. The molecule has 0 N–H and O–H groups in total. The van der Waals surface area contributed by atoms with Crippen LogP contribution in [0.2, 0.25) is 0 Å². The van der Waals surface area contributed by atoms with Crippen molar-refractivity contribution in [3.63, 3.8) is 0 Å². The Morgan fingerprint density at radius 1 is 0.900 bits per heavy atom. The summed E-state index contributed by atoms with van der Waals surface area (Å²) in [4.78, 5) is 0. The smallest absolute Gasteiger partial charge is 0.174 e. The number of unbranched alkanes of at least 4 members (excludes halogenated alkanes) is 2. The first-order valence-corrected chi connectivity index (χ1v) is 15.0. The zero-order chi connectivity index (χ0) is 28.3. The van der Waals surface area contributed by atoms with Crippen LogP contribution >= 0.6 is 15.9 Å². The molecule has 3 nitrogen and oxygen atoms in total. The average Bonchev–Trinajstić information content (AvgIpc) is 3.25. The van der Waals surface area contributed by atoms with E-state index in [-0.39, 0.29) is 12.0 Å². The Labute approximate surface area is 246 Å². The Hall–Kier alpha value is -3.55. The summed E-state index contributed by atoms with van der Waals surface area (Å²) in [6, 6.07) is 30.8. The molecule has 0 bridgehead atoms. The number of rotatable bonds is 9. The van der Waals surface area contributed by atoms with Gasteiger partial charge < -0.3 is 9.30 Å². The number of nitriles is 1. The molecule has 0 atom stereocenters. The number of aryl methyl sites for hydroxylation is 1. The summed E-state index contributed by atoms with van der Waals surface area (Å²) in [5.41, 5.74) is 8.03. The third-order valence-electron chi connectivity index (χ3n) is 7.75. The Morgan fingerprint density at radius 3 is 2.40 bits per heavy atom. The summed E-state index contributed by atoms with van der Waals surface area (Å²) < 4.78 is 9.03. The molecule has 0 aliphatic heterocycles. The van der Waals surface area contributed by atoms with Crippen LogP contribution in [-0.2, 0) is 18.4 Å². The Balaban J connectivity index is 1.66. The molecule has 0 amide bonds. The van der Waals surface area contributed by atoms with Gasteiger partial charge in [-0.05, 0) is 85.4 Å². The summed E-state index contributed by atoms with van der Waals surface area (Å²) in [6.45, 7) is 9.90. The van der Waals surface area contributed by atoms with Gasteiger partial charge >= 0.3 is 0 Å². The van der Waals surface area contributed by atoms with E-state index in [1.807, 2.05) is 6.07 Å². The van der Waals surface area contributed by atoms with E-state index in [9.17, 15) is 0 Å². The van der Waals surface area contributed by atoms with Crippen LogP contribution in [0.25, 0.3) is 32.9 Å². The molecule has 0 saturated carbocycles. The minimum atomic E-state index is 0.0279. The third kappa shape index (κ3) is 5.67. The molecule has 1 heterocycles. The quantitative estimate of drug-likeness (QED) is 0.160. The highest BCUT2D eigenvalue weighted by Crippen LogP contribution is 2.39. The van der Waals surface area contributed by atoms with Crippen molar-refractivity contribution < 1.29 is 4.74 Å². The minimum absolute atomic E-state index is 0.0279. The predicted octanol–water partition coefficient (Wildman–Crippen LogP) is 10.2. The fraction of sp³-hybridized carbons (Fsp3) is 0.306. The first-order valence-electron chi connectivity index (χ1n) is 14.2. The average molecular weight is 594 g/mol. The summed E-state index contributed by atoms with van der Waals surface area (Å²) in [7, 11) is 0. The van der Waals surface area contributed by atoms with Gasteiger partial charge in [-0.3, -0.25) is 0 Å². The van der Waals surface area contributed by atoms with E-state index in [0.29, 0.717) is 5.75 Å².